The van der Waals surface area contributed by atoms with E-state index in [0.29, 0.717) is 24.4 Å². The molecular formula is C19H29NO3S. The SMILES string of the molecule is COCCOCC1CCN(C(=O)c2ccc(SC(C)C)cc2)CC1. The van der Waals surface area contributed by atoms with Gasteiger partial charge < -0.3 is 14.4 Å². The van der Waals surface area contributed by atoms with Crippen LogP contribution in [0.15, 0.2) is 29.2 Å². The van der Waals surface area contributed by atoms with E-state index in [4.69, 9.17) is 9.47 Å². The van der Waals surface area contributed by atoms with Gasteiger partial charge in [0.1, 0.15) is 0 Å². The van der Waals surface area contributed by atoms with Gasteiger partial charge in [-0.1, -0.05) is 13.8 Å². The predicted molar refractivity (Wildman–Crippen MR) is 98.8 cm³/mol. The van der Waals surface area contributed by atoms with E-state index in [2.05, 4.69) is 13.8 Å². The van der Waals surface area contributed by atoms with Gasteiger partial charge in [-0.05, 0) is 43.0 Å². The highest BCUT2D eigenvalue weighted by atomic mass is 32.2. The molecule has 1 fully saturated rings. The minimum Gasteiger partial charge on any atom is -0.382 e. The highest BCUT2D eigenvalue weighted by molar-refractivity contribution is 7.99. The second-order valence-electron chi connectivity index (χ2n) is 6.49. The minimum absolute atomic E-state index is 0.148. The maximum Gasteiger partial charge on any atom is 0.253 e. The highest BCUT2D eigenvalue weighted by Gasteiger charge is 2.23. The topological polar surface area (TPSA) is 38.8 Å². The van der Waals surface area contributed by atoms with Gasteiger partial charge in [-0.25, -0.2) is 0 Å². The quantitative estimate of drug-likeness (QED) is 0.529. The number of rotatable bonds is 8. The van der Waals surface area contributed by atoms with Gasteiger partial charge in [0.05, 0.1) is 13.2 Å². The van der Waals surface area contributed by atoms with Gasteiger partial charge in [0.15, 0.2) is 0 Å². The van der Waals surface area contributed by atoms with Crippen LogP contribution in [0.3, 0.4) is 0 Å². The molecule has 0 radical (unpaired) electrons. The smallest absolute Gasteiger partial charge is 0.253 e. The number of methoxy groups -OCH3 is 1. The summed E-state index contributed by atoms with van der Waals surface area (Å²) in [5, 5.41) is 0.552. The third kappa shape index (κ3) is 6.11. The minimum atomic E-state index is 0.148. The summed E-state index contributed by atoms with van der Waals surface area (Å²) < 4.78 is 10.6. The molecule has 2 rings (SSSR count). The molecule has 24 heavy (non-hydrogen) atoms. The number of thioether (sulfide) groups is 1. The first-order valence-corrected chi connectivity index (χ1v) is 9.60. The lowest BCUT2D eigenvalue weighted by Gasteiger charge is -2.32. The number of hydrogen-bond acceptors (Lipinski definition) is 4. The number of carbonyl (C=O) groups is 1. The first kappa shape index (κ1) is 19.3. The van der Waals surface area contributed by atoms with Gasteiger partial charge in [-0.2, -0.15) is 0 Å². The summed E-state index contributed by atoms with van der Waals surface area (Å²) in [5.74, 6) is 0.700. The van der Waals surface area contributed by atoms with Crippen molar-refractivity contribution < 1.29 is 14.3 Å². The van der Waals surface area contributed by atoms with Gasteiger partial charge in [0.25, 0.3) is 5.91 Å². The molecule has 1 amide bonds. The van der Waals surface area contributed by atoms with E-state index in [1.54, 1.807) is 7.11 Å². The Hall–Kier alpha value is -1.04. The molecule has 4 nitrogen and oxygen atoms in total. The fraction of sp³-hybridized carbons (Fsp3) is 0.632. The molecule has 0 aromatic heterocycles. The summed E-state index contributed by atoms with van der Waals surface area (Å²) in [6, 6.07) is 8.00. The number of hydrogen-bond donors (Lipinski definition) is 0. The number of carbonyl (C=O) groups excluding carboxylic acids is 1. The van der Waals surface area contributed by atoms with Crippen LogP contribution < -0.4 is 0 Å². The molecule has 0 spiro atoms. The van der Waals surface area contributed by atoms with E-state index in [1.807, 2.05) is 40.9 Å². The Morgan fingerprint density at radius 2 is 1.88 bits per heavy atom. The normalized spacial score (nSPS) is 15.9. The molecule has 1 saturated heterocycles. The van der Waals surface area contributed by atoms with Crippen LogP contribution in [0.5, 0.6) is 0 Å². The van der Waals surface area contributed by atoms with Crippen LogP contribution in [0.2, 0.25) is 0 Å². The Morgan fingerprint density at radius 3 is 2.46 bits per heavy atom. The molecule has 0 atom stereocenters. The lowest BCUT2D eigenvalue weighted by molar-refractivity contribution is 0.0327. The third-order valence-corrected chi connectivity index (χ3v) is 5.18. The fourth-order valence-corrected chi connectivity index (χ4v) is 3.66. The first-order chi connectivity index (χ1) is 11.6. The zero-order valence-electron chi connectivity index (χ0n) is 15.0. The number of nitrogens with zero attached hydrogens (tertiary/aromatic N) is 1. The van der Waals surface area contributed by atoms with Crippen molar-refractivity contribution >= 4 is 17.7 Å². The second kappa shape index (κ2) is 10.1. The maximum absolute atomic E-state index is 12.6. The fourth-order valence-electron chi connectivity index (χ4n) is 2.83. The van der Waals surface area contributed by atoms with Crippen LogP contribution >= 0.6 is 11.8 Å². The Morgan fingerprint density at radius 1 is 1.21 bits per heavy atom. The molecule has 1 aromatic rings. The number of benzene rings is 1. The van der Waals surface area contributed by atoms with Crippen LogP contribution in [0.1, 0.15) is 37.0 Å². The van der Waals surface area contributed by atoms with Gasteiger partial charge in [0.2, 0.25) is 0 Å². The van der Waals surface area contributed by atoms with Crippen molar-refractivity contribution in [2.24, 2.45) is 5.92 Å². The third-order valence-electron chi connectivity index (χ3n) is 4.16. The summed E-state index contributed by atoms with van der Waals surface area (Å²) in [5.41, 5.74) is 0.790. The van der Waals surface area contributed by atoms with Crippen molar-refractivity contribution in [2.75, 3.05) is 40.0 Å². The standard InChI is InChI=1S/C19H29NO3S/c1-15(2)24-18-6-4-17(5-7-18)19(21)20-10-8-16(9-11-20)14-23-13-12-22-3/h4-7,15-16H,8-14H2,1-3H3. The Labute approximate surface area is 149 Å². The molecule has 0 saturated carbocycles. The zero-order valence-corrected chi connectivity index (χ0v) is 15.8. The first-order valence-electron chi connectivity index (χ1n) is 8.73. The van der Waals surface area contributed by atoms with Crippen LogP contribution in [0.4, 0.5) is 0 Å². The monoisotopic (exact) mass is 351 g/mol. The molecule has 0 aliphatic carbocycles. The molecule has 1 aromatic carbocycles. The van der Waals surface area contributed by atoms with Crippen LogP contribution in [-0.4, -0.2) is 56.1 Å². The summed E-state index contributed by atoms with van der Waals surface area (Å²) in [6.45, 7) is 8.05. The molecule has 1 aliphatic heterocycles. The predicted octanol–water partition coefficient (Wildman–Crippen LogP) is 3.70. The van der Waals surface area contributed by atoms with Crippen molar-refractivity contribution in [3.05, 3.63) is 29.8 Å². The van der Waals surface area contributed by atoms with E-state index >= 15 is 0 Å². The van der Waals surface area contributed by atoms with Crippen LogP contribution in [0.25, 0.3) is 0 Å². The number of piperidine rings is 1. The van der Waals surface area contributed by atoms with Gasteiger partial charge in [0, 0.05) is 42.5 Å². The van der Waals surface area contributed by atoms with E-state index in [9.17, 15) is 4.79 Å². The average Bonchev–Trinajstić information content (AvgIpc) is 2.59. The van der Waals surface area contributed by atoms with Gasteiger partial charge in [-0.3, -0.25) is 4.79 Å². The lowest BCUT2D eigenvalue weighted by Crippen LogP contribution is -2.39. The van der Waals surface area contributed by atoms with Crippen molar-refractivity contribution in [3.8, 4) is 0 Å². The molecule has 0 unspecified atom stereocenters. The van der Waals surface area contributed by atoms with E-state index < -0.39 is 0 Å². The van der Waals surface area contributed by atoms with E-state index in [0.717, 1.165) is 38.1 Å². The molecular weight excluding hydrogens is 322 g/mol. The molecule has 134 valence electrons. The van der Waals surface area contributed by atoms with Crippen LogP contribution in [0, 0.1) is 5.92 Å². The number of likely N-dealkylation sites (tertiary alicyclic amines) is 1. The van der Waals surface area contributed by atoms with Crippen LogP contribution in [-0.2, 0) is 9.47 Å². The van der Waals surface area contributed by atoms with Gasteiger partial charge >= 0.3 is 0 Å². The van der Waals surface area contributed by atoms with Crippen molar-refractivity contribution in [2.45, 2.75) is 36.8 Å². The average molecular weight is 352 g/mol. The highest BCUT2D eigenvalue weighted by Crippen LogP contribution is 2.24. The van der Waals surface area contributed by atoms with E-state index in [-0.39, 0.29) is 5.91 Å². The largest absolute Gasteiger partial charge is 0.382 e. The van der Waals surface area contributed by atoms with Crippen molar-refractivity contribution in [3.63, 3.8) is 0 Å². The van der Waals surface area contributed by atoms with E-state index in [1.165, 1.54) is 4.90 Å². The Kier molecular flexibility index (Phi) is 8.09. The summed E-state index contributed by atoms with van der Waals surface area (Å²) in [4.78, 5) is 15.8. The maximum atomic E-state index is 12.6. The van der Waals surface area contributed by atoms with Crippen molar-refractivity contribution in [1.29, 1.82) is 0 Å². The molecule has 1 heterocycles. The summed E-state index contributed by atoms with van der Waals surface area (Å²) in [6.07, 6.45) is 2.03. The van der Waals surface area contributed by atoms with Gasteiger partial charge in [-0.15, -0.1) is 11.8 Å². The number of amides is 1. The Balaban J connectivity index is 1.78. The molecule has 1 aliphatic rings. The molecule has 0 bridgehead atoms. The zero-order chi connectivity index (χ0) is 17.4. The molecule has 0 N–H and O–H groups in total. The number of ether oxygens (including phenoxy) is 2. The lowest BCUT2D eigenvalue weighted by atomic mass is 9.97. The molecule has 5 heteroatoms. The van der Waals surface area contributed by atoms with Crippen molar-refractivity contribution in [1.82, 2.24) is 4.90 Å². The summed E-state index contributed by atoms with van der Waals surface area (Å²) >= 11 is 1.82. The summed E-state index contributed by atoms with van der Waals surface area (Å²) in [7, 11) is 1.68. The Bertz CT molecular complexity index is 496. The second-order valence-corrected chi connectivity index (χ2v) is 8.14.